The van der Waals surface area contributed by atoms with E-state index in [4.69, 9.17) is 28.9 Å². The van der Waals surface area contributed by atoms with Crippen LogP contribution in [0.15, 0.2) is 48.7 Å². The van der Waals surface area contributed by atoms with Gasteiger partial charge in [-0.1, -0.05) is 47.5 Å². The molecule has 3 N–H and O–H groups in total. The molecule has 5 nitrogen and oxygen atoms in total. The van der Waals surface area contributed by atoms with E-state index < -0.39 is 0 Å². The molecule has 0 fully saturated rings. The number of H-pyrrole nitrogens is 1. The van der Waals surface area contributed by atoms with Gasteiger partial charge in [-0.3, -0.25) is 0 Å². The average Bonchev–Trinajstić information content (AvgIpc) is 3.28. The Hall–Kier alpha value is -2.34. The van der Waals surface area contributed by atoms with Crippen LogP contribution in [0.25, 0.3) is 10.9 Å². The number of benzene rings is 2. The van der Waals surface area contributed by atoms with Crippen molar-refractivity contribution in [3.63, 3.8) is 0 Å². The van der Waals surface area contributed by atoms with Crippen molar-refractivity contribution in [2.45, 2.75) is 25.8 Å². The molecule has 0 saturated carbocycles. The molecule has 0 saturated heterocycles. The van der Waals surface area contributed by atoms with Gasteiger partial charge in [-0.15, -0.1) is 10.2 Å². The van der Waals surface area contributed by atoms with Gasteiger partial charge in [-0.2, -0.15) is 0 Å². The predicted octanol–water partition coefficient (Wildman–Crippen LogP) is 4.60. The normalized spacial score (nSPS) is 11.4. The third-order valence-corrected chi connectivity index (χ3v) is 5.60. The van der Waals surface area contributed by atoms with E-state index >= 15 is 0 Å². The van der Waals surface area contributed by atoms with Crippen LogP contribution in [0.1, 0.15) is 29.2 Å². The van der Waals surface area contributed by atoms with Crippen molar-refractivity contribution in [1.82, 2.24) is 19.7 Å². The van der Waals surface area contributed by atoms with Crippen molar-refractivity contribution >= 4 is 34.1 Å². The number of para-hydroxylation sites is 1. The van der Waals surface area contributed by atoms with E-state index in [1.165, 1.54) is 10.9 Å². The fraction of sp³-hybridized carbons (Fsp3) is 0.238. The largest absolute Gasteiger partial charge is 0.361 e. The van der Waals surface area contributed by atoms with E-state index in [1.807, 2.05) is 36.5 Å². The summed E-state index contributed by atoms with van der Waals surface area (Å²) in [6.07, 6.45) is 4.40. The van der Waals surface area contributed by atoms with Gasteiger partial charge in [-0.25, -0.2) is 0 Å². The molecule has 0 bridgehead atoms. The molecule has 0 aliphatic carbocycles. The first-order valence-corrected chi connectivity index (χ1v) is 10.0. The number of rotatable bonds is 7. The summed E-state index contributed by atoms with van der Waals surface area (Å²) in [5, 5.41) is 11.2. The average molecular weight is 414 g/mol. The zero-order valence-corrected chi connectivity index (χ0v) is 16.8. The lowest BCUT2D eigenvalue weighted by Gasteiger charge is -2.11. The lowest BCUT2D eigenvalue weighted by Crippen LogP contribution is -2.11. The lowest BCUT2D eigenvalue weighted by molar-refractivity contribution is 0.669. The molecule has 0 aliphatic heterocycles. The van der Waals surface area contributed by atoms with Gasteiger partial charge in [-0.05, 0) is 42.3 Å². The molecule has 144 valence electrons. The van der Waals surface area contributed by atoms with Gasteiger partial charge in [0.05, 0.1) is 16.6 Å². The number of nitrogens with two attached hydrogens (primary N) is 1. The Labute approximate surface area is 173 Å². The standard InChI is InChI=1S/C21H21Cl2N5/c22-17-8-7-14(10-18(17)23)13-28-20(6-3-9-24)26-27-21(28)11-15-12-25-19-5-2-1-4-16(15)19/h1-2,4-5,7-8,10,12,25H,3,6,9,11,13,24H2. The van der Waals surface area contributed by atoms with Gasteiger partial charge < -0.3 is 15.3 Å². The molecular formula is C21H21Cl2N5. The maximum absolute atomic E-state index is 6.20. The molecule has 2 aromatic heterocycles. The number of aromatic amines is 1. The van der Waals surface area contributed by atoms with E-state index in [0.29, 0.717) is 29.6 Å². The van der Waals surface area contributed by atoms with Gasteiger partial charge in [0.1, 0.15) is 11.6 Å². The lowest BCUT2D eigenvalue weighted by atomic mass is 10.1. The molecule has 0 aliphatic rings. The van der Waals surface area contributed by atoms with Crippen LogP contribution in [0.5, 0.6) is 0 Å². The summed E-state index contributed by atoms with van der Waals surface area (Å²) in [7, 11) is 0. The first-order chi connectivity index (χ1) is 13.7. The van der Waals surface area contributed by atoms with Crippen LogP contribution in [0, 0.1) is 0 Å². The molecule has 0 unspecified atom stereocenters. The Kier molecular flexibility index (Phi) is 5.67. The minimum absolute atomic E-state index is 0.550. The van der Waals surface area contributed by atoms with Crippen molar-refractivity contribution in [3.05, 3.63) is 81.5 Å². The maximum atomic E-state index is 6.20. The van der Waals surface area contributed by atoms with Crippen LogP contribution in [0.3, 0.4) is 0 Å². The van der Waals surface area contributed by atoms with Gasteiger partial charge in [0.2, 0.25) is 0 Å². The smallest absolute Gasteiger partial charge is 0.137 e. The molecule has 0 spiro atoms. The highest BCUT2D eigenvalue weighted by Crippen LogP contribution is 2.25. The number of nitrogens with one attached hydrogen (secondary N) is 1. The summed E-state index contributed by atoms with van der Waals surface area (Å²) in [6.45, 7) is 1.26. The summed E-state index contributed by atoms with van der Waals surface area (Å²) in [5.41, 5.74) is 9.08. The molecule has 0 amide bonds. The van der Waals surface area contributed by atoms with Crippen molar-refractivity contribution in [1.29, 1.82) is 0 Å². The molecule has 0 radical (unpaired) electrons. The molecule has 7 heteroatoms. The van der Waals surface area contributed by atoms with Crippen LogP contribution in [-0.2, 0) is 19.4 Å². The Balaban J connectivity index is 1.68. The maximum Gasteiger partial charge on any atom is 0.137 e. The zero-order chi connectivity index (χ0) is 19.5. The second-order valence-electron chi connectivity index (χ2n) is 6.80. The number of aryl methyl sites for hydroxylation is 1. The highest BCUT2D eigenvalue weighted by atomic mass is 35.5. The summed E-state index contributed by atoms with van der Waals surface area (Å²) in [5.74, 6) is 1.86. The number of hydrogen-bond donors (Lipinski definition) is 2. The monoisotopic (exact) mass is 413 g/mol. The number of fused-ring (bicyclic) bond motifs is 1. The summed E-state index contributed by atoms with van der Waals surface area (Å²) < 4.78 is 2.16. The quantitative estimate of drug-likeness (QED) is 0.464. The van der Waals surface area contributed by atoms with Gasteiger partial charge >= 0.3 is 0 Å². The van der Waals surface area contributed by atoms with Crippen molar-refractivity contribution in [2.75, 3.05) is 6.54 Å². The molecular weight excluding hydrogens is 393 g/mol. The Bertz CT molecular complexity index is 1100. The van der Waals surface area contributed by atoms with Crippen molar-refractivity contribution in [2.24, 2.45) is 5.73 Å². The van der Waals surface area contributed by atoms with E-state index in [9.17, 15) is 0 Å². The minimum Gasteiger partial charge on any atom is -0.361 e. The first kappa shape index (κ1) is 19.0. The third kappa shape index (κ3) is 3.92. The highest BCUT2D eigenvalue weighted by Gasteiger charge is 2.15. The van der Waals surface area contributed by atoms with E-state index in [2.05, 4.69) is 31.9 Å². The fourth-order valence-electron chi connectivity index (χ4n) is 3.40. The Morgan fingerprint density at radius 2 is 1.82 bits per heavy atom. The Morgan fingerprint density at radius 3 is 2.64 bits per heavy atom. The molecule has 4 aromatic rings. The second kappa shape index (κ2) is 8.35. The van der Waals surface area contributed by atoms with E-state index in [0.717, 1.165) is 35.6 Å². The number of hydrogen-bond acceptors (Lipinski definition) is 3. The zero-order valence-electron chi connectivity index (χ0n) is 15.3. The van der Waals surface area contributed by atoms with Crippen molar-refractivity contribution in [3.8, 4) is 0 Å². The molecule has 0 atom stereocenters. The second-order valence-corrected chi connectivity index (χ2v) is 7.61. The number of nitrogens with zero attached hydrogens (tertiary/aromatic N) is 3. The SMILES string of the molecule is NCCCc1nnc(Cc2c[nH]c3ccccc23)n1Cc1ccc(Cl)c(Cl)c1. The summed E-state index contributed by atoms with van der Waals surface area (Å²) in [6, 6.07) is 14.0. The Morgan fingerprint density at radius 1 is 1.00 bits per heavy atom. The summed E-state index contributed by atoms with van der Waals surface area (Å²) >= 11 is 12.3. The van der Waals surface area contributed by atoms with Crippen LogP contribution >= 0.6 is 23.2 Å². The molecule has 4 rings (SSSR count). The third-order valence-electron chi connectivity index (χ3n) is 4.86. The molecule has 28 heavy (non-hydrogen) atoms. The van der Waals surface area contributed by atoms with Crippen LogP contribution in [0.2, 0.25) is 10.0 Å². The molecule has 2 heterocycles. The van der Waals surface area contributed by atoms with Crippen LogP contribution in [-0.4, -0.2) is 26.3 Å². The van der Waals surface area contributed by atoms with Crippen molar-refractivity contribution < 1.29 is 0 Å². The predicted molar refractivity (Wildman–Crippen MR) is 114 cm³/mol. The highest BCUT2D eigenvalue weighted by molar-refractivity contribution is 6.42. The van der Waals surface area contributed by atoms with E-state index in [-0.39, 0.29) is 0 Å². The minimum atomic E-state index is 0.550. The van der Waals surface area contributed by atoms with Crippen LogP contribution < -0.4 is 5.73 Å². The van der Waals surface area contributed by atoms with Gasteiger partial charge in [0, 0.05) is 29.9 Å². The first-order valence-electron chi connectivity index (χ1n) is 9.25. The number of halogens is 2. The van der Waals surface area contributed by atoms with E-state index in [1.54, 1.807) is 0 Å². The van der Waals surface area contributed by atoms with Crippen LogP contribution in [0.4, 0.5) is 0 Å². The topological polar surface area (TPSA) is 72.5 Å². The summed E-state index contributed by atoms with van der Waals surface area (Å²) in [4.78, 5) is 3.33. The van der Waals surface area contributed by atoms with Gasteiger partial charge in [0.25, 0.3) is 0 Å². The fourth-order valence-corrected chi connectivity index (χ4v) is 3.72. The number of aromatic nitrogens is 4. The molecule has 2 aromatic carbocycles. The van der Waals surface area contributed by atoms with Gasteiger partial charge in [0.15, 0.2) is 0 Å².